The molecule has 140 valence electrons. The van der Waals surface area contributed by atoms with Crippen LogP contribution in [0.5, 0.6) is 0 Å². The first-order valence-corrected chi connectivity index (χ1v) is 9.70. The molecule has 4 aromatic rings. The fourth-order valence-electron chi connectivity index (χ4n) is 2.74. The van der Waals surface area contributed by atoms with Gasteiger partial charge in [-0.05, 0) is 31.2 Å². The minimum absolute atomic E-state index is 0.0639. The first-order valence-electron chi connectivity index (χ1n) is 8.50. The highest BCUT2D eigenvalue weighted by Gasteiger charge is 2.27. The number of aromatic nitrogens is 3. The van der Waals surface area contributed by atoms with Gasteiger partial charge >= 0.3 is 5.97 Å². The molecule has 0 spiro atoms. The first kappa shape index (κ1) is 18.3. The molecule has 0 radical (unpaired) electrons. The second-order valence-corrected chi connectivity index (χ2v) is 7.26. The Kier molecular flexibility index (Phi) is 4.93. The van der Waals surface area contributed by atoms with Crippen LogP contribution in [-0.4, -0.2) is 33.1 Å². The van der Waals surface area contributed by atoms with Crippen molar-refractivity contribution in [2.75, 3.05) is 6.61 Å². The Morgan fingerprint density at radius 2 is 1.89 bits per heavy atom. The SMILES string of the molecule is CCOC(=O)c1nn(-c2ccccc2Cl)cc1C(=O)c1nc2ccccc2s1. The fourth-order valence-corrected chi connectivity index (χ4v) is 3.88. The highest BCUT2D eigenvalue weighted by atomic mass is 35.5. The highest BCUT2D eigenvalue weighted by Crippen LogP contribution is 2.26. The smallest absolute Gasteiger partial charge is 0.359 e. The van der Waals surface area contributed by atoms with Gasteiger partial charge in [0.15, 0.2) is 10.7 Å². The Bertz CT molecular complexity index is 1170. The van der Waals surface area contributed by atoms with Crippen LogP contribution in [0.15, 0.2) is 54.7 Å². The van der Waals surface area contributed by atoms with Crippen LogP contribution in [0.4, 0.5) is 0 Å². The number of hydrogen-bond acceptors (Lipinski definition) is 6. The van der Waals surface area contributed by atoms with Gasteiger partial charge in [0, 0.05) is 6.20 Å². The molecule has 2 aromatic carbocycles. The Hall–Kier alpha value is -3.03. The molecule has 0 atom stereocenters. The quantitative estimate of drug-likeness (QED) is 0.356. The van der Waals surface area contributed by atoms with Crippen molar-refractivity contribution in [3.63, 3.8) is 0 Å². The summed E-state index contributed by atoms with van der Waals surface area (Å²) in [6, 6.07) is 14.5. The maximum atomic E-state index is 13.1. The summed E-state index contributed by atoms with van der Waals surface area (Å²) in [5.41, 5.74) is 1.34. The molecule has 28 heavy (non-hydrogen) atoms. The number of rotatable bonds is 5. The van der Waals surface area contributed by atoms with E-state index in [9.17, 15) is 9.59 Å². The van der Waals surface area contributed by atoms with E-state index in [4.69, 9.17) is 16.3 Å². The lowest BCUT2D eigenvalue weighted by Gasteiger charge is -2.02. The standard InChI is InChI=1S/C20H14ClN3O3S/c1-2-27-20(26)17-12(11-24(23-17)15-9-5-3-7-13(15)21)18(25)19-22-14-8-4-6-10-16(14)28-19/h3-11H,2H2,1H3. The zero-order chi connectivity index (χ0) is 19.7. The Labute approximate surface area is 169 Å². The number of halogens is 1. The van der Waals surface area contributed by atoms with Crippen LogP contribution in [0.25, 0.3) is 15.9 Å². The summed E-state index contributed by atoms with van der Waals surface area (Å²) in [5, 5.41) is 5.00. The van der Waals surface area contributed by atoms with E-state index in [-0.39, 0.29) is 28.7 Å². The van der Waals surface area contributed by atoms with Crippen molar-refractivity contribution < 1.29 is 14.3 Å². The van der Waals surface area contributed by atoms with Gasteiger partial charge in [0.05, 0.1) is 33.1 Å². The van der Waals surface area contributed by atoms with Crippen molar-refractivity contribution in [2.24, 2.45) is 0 Å². The van der Waals surface area contributed by atoms with Crippen LogP contribution in [0, 0.1) is 0 Å². The van der Waals surface area contributed by atoms with Crippen molar-refractivity contribution in [1.82, 2.24) is 14.8 Å². The summed E-state index contributed by atoms with van der Waals surface area (Å²) in [7, 11) is 0. The maximum absolute atomic E-state index is 13.1. The summed E-state index contributed by atoms with van der Waals surface area (Å²) in [6.45, 7) is 1.87. The zero-order valence-corrected chi connectivity index (χ0v) is 16.3. The number of ketones is 1. The van der Waals surface area contributed by atoms with Crippen molar-refractivity contribution in [2.45, 2.75) is 6.92 Å². The van der Waals surface area contributed by atoms with Crippen LogP contribution in [0.1, 0.15) is 32.8 Å². The van der Waals surface area contributed by atoms with Crippen molar-refractivity contribution in [3.8, 4) is 5.69 Å². The molecule has 2 heterocycles. The summed E-state index contributed by atoms with van der Waals surface area (Å²) in [4.78, 5) is 29.9. The molecule has 0 aliphatic heterocycles. The average Bonchev–Trinajstić information content (AvgIpc) is 3.32. The van der Waals surface area contributed by atoms with Crippen molar-refractivity contribution >= 4 is 44.9 Å². The van der Waals surface area contributed by atoms with Gasteiger partial charge in [-0.1, -0.05) is 35.9 Å². The number of carbonyl (C=O) groups excluding carboxylic acids is 2. The van der Waals surface area contributed by atoms with Crippen LogP contribution >= 0.6 is 22.9 Å². The number of nitrogens with zero attached hydrogens (tertiary/aromatic N) is 3. The topological polar surface area (TPSA) is 74.1 Å². The first-order chi connectivity index (χ1) is 13.6. The molecule has 0 aliphatic rings. The lowest BCUT2D eigenvalue weighted by molar-refractivity contribution is 0.0516. The molecule has 0 amide bonds. The molecule has 8 heteroatoms. The maximum Gasteiger partial charge on any atom is 0.359 e. The van der Waals surface area contributed by atoms with Crippen molar-refractivity contribution in [1.29, 1.82) is 0 Å². The number of para-hydroxylation sites is 2. The van der Waals surface area contributed by atoms with Crippen LogP contribution < -0.4 is 0 Å². The summed E-state index contributed by atoms with van der Waals surface area (Å²) in [6.07, 6.45) is 1.49. The number of hydrogen-bond donors (Lipinski definition) is 0. The molecular formula is C20H14ClN3O3S. The zero-order valence-electron chi connectivity index (χ0n) is 14.8. The minimum atomic E-state index is -0.669. The van der Waals surface area contributed by atoms with E-state index < -0.39 is 5.97 Å². The van der Waals surface area contributed by atoms with Gasteiger partial charge < -0.3 is 4.74 Å². The van der Waals surface area contributed by atoms with E-state index in [1.54, 1.807) is 31.2 Å². The molecule has 0 N–H and O–H groups in total. The van der Waals surface area contributed by atoms with E-state index >= 15 is 0 Å². The molecular weight excluding hydrogens is 398 g/mol. The third-order valence-electron chi connectivity index (χ3n) is 4.02. The third-order valence-corrected chi connectivity index (χ3v) is 5.37. The summed E-state index contributed by atoms with van der Waals surface area (Å²) >= 11 is 7.51. The van der Waals surface area contributed by atoms with Gasteiger partial charge in [-0.3, -0.25) is 4.79 Å². The normalized spacial score (nSPS) is 10.9. The average molecular weight is 412 g/mol. The number of esters is 1. The Balaban J connectivity index is 1.83. The number of fused-ring (bicyclic) bond motifs is 1. The highest BCUT2D eigenvalue weighted by molar-refractivity contribution is 7.20. The van der Waals surface area contributed by atoms with Gasteiger partial charge in [0.1, 0.15) is 0 Å². The number of ether oxygens (including phenoxy) is 1. The van der Waals surface area contributed by atoms with E-state index in [0.29, 0.717) is 10.7 Å². The molecule has 6 nitrogen and oxygen atoms in total. The molecule has 0 saturated heterocycles. The van der Waals surface area contributed by atoms with E-state index in [0.717, 1.165) is 10.2 Å². The van der Waals surface area contributed by atoms with Gasteiger partial charge in [-0.2, -0.15) is 5.10 Å². The lowest BCUT2D eigenvalue weighted by Crippen LogP contribution is -2.12. The molecule has 0 unspecified atom stereocenters. The van der Waals surface area contributed by atoms with Crippen LogP contribution in [-0.2, 0) is 4.74 Å². The molecule has 2 aromatic heterocycles. The van der Waals surface area contributed by atoms with E-state index in [2.05, 4.69) is 10.1 Å². The van der Waals surface area contributed by atoms with Gasteiger partial charge in [0.2, 0.25) is 5.78 Å². The second kappa shape index (κ2) is 7.53. The van der Waals surface area contributed by atoms with Crippen LogP contribution in [0.2, 0.25) is 5.02 Å². The predicted octanol–water partition coefficient (Wildman–Crippen LogP) is 4.54. The second-order valence-electron chi connectivity index (χ2n) is 5.82. The monoisotopic (exact) mass is 411 g/mol. The van der Waals surface area contributed by atoms with E-state index in [1.807, 2.05) is 24.3 Å². The molecule has 0 bridgehead atoms. The fraction of sp³-hybridized carbons (Fsp3) is 0.100. The number of thiazole rings is 1. The largest absolute Gasteiger partial charge is 0.461 e. The lowest BCUT2D eigenvalue weighted by atomic mass is 10.1. The predicted molar refractivity (Wildman–Crippen MR) is 108 cm³/mol. The molecule has 0 fully saturated rings. The van der Waals surface area contributed by atoms with Gasteiger partial charge in [-0.25, -0.2) is 14.5 Å². The number of carbonyl (C=O) groups is 2. The Morgan fingerprint density at radius 3 is 2.64 bits per heavy atom. The van der Waals surface area contributed by atoms with Crippen molar-refractivity contribution in [3.05, 3.63) is 76.0 Å². The molecule has 0 saturated carbocycles. The van der Waals surface area contributed by atoms with Crippen LogP contribution in [0.3, 0.4) is 0 Å². The minimum Gasteiger partial charge on any atom is -0.461 e. The van der Waals surface area contributed by atoms with E-state index in [1.165, 1.54) is 22.2 Å². The Morgan fingerprint density at radius 1 is 1.14 bits per heavy atom. The number of benzene rings is 2. The van der Waals surface area contributed by atoms with Gasteiger partial charge in [0.25, 0.3) is 0 Å². The summed E-state index contributed by atoms with van der Waals surface area (Å²) < 4.78 is 7.38. The molecule has 0 aliphatic carbocycles. The molecule has 4 rings (SSSR count). The summed E-state index contributed by atoms with van der Waals surface area (Å²) in [5.74, 6) is -1.06. The third kappa shape index (κ3) is 3.30. The van der Waals surface area contributed by atoms with Gasteiger partial charge in [-0.15, -0.1) is 11.3 Å².